The number of nitrogens with one attached hydrogen (secondary N) is 1. The molecule has 0 bridgehead atoms. The largest absolute Gasteiger partial charge is 0.354 e. The molecule has 2 amide bonds. The van der Waals surface area contributed by atoms with Crippen LogP contribution in [0.1, 0.15) is 65.9 Å². The second kappa shape index (κ2) is 9.96. The summed E-state index contributed by atoms with van der Waals surface area (Å²) in [6, 6.07) is 11.4. The molecule has 0 aliphatic carbocycles. The number of likely N-dealkylation sites (tertiary alicyclic amines) is 1. The van der Waals surface area contributed by atoms with Gasteiger partial charge in [-0.1, -0.05) is 44.5 Å². The summed E-state index contributed by atoms with van der Waals surface area (Å²) in [5.74, 6) is -0.0312. The van der Waals surface area contributed by atoms with Crippen LogP contribution in [0.3, 0.4) is 0 Å². The molecule has 1 saturated heterocycles. The summed E-state index contributed by atoms with van der Waals surface area (Å²) in [5.41, 5.74) is 1.51. The first-order valence-electron chi connectivity index (χ1n) is 11.5. The van der Waals surface area contributed by atoms with Crippen molar-refractivity contribution in [2.24, 2.45) is 5.92 Å². The van der Waals surface area contributed by atoms with Crippen molar-refractivity contribution < 1.29 is 9.59 Å². The minimum atomic E-state index is -0.396. The highest BCUT2D eigenvalue weighted by Gasteiger charge is 2.44. The van der Waals surface area contributed by atoms with Gasteiger partial charge in [-0.15, -0.1) is 11.3 Å². The van der Waals surface area contributed by atoms with Crippen molar-refractivity contribution in [3.63, 3.8) is 0 Å². The van der Waals surface area contributed by atoms with Crippen molar-refractivity contribution >= 4 is 23.2 Å². The molecule has 2 atom stereocenters. The van der Waals surface area contributed by atoms with Crippen LogP contribution < -0.4 is 5.32 Å². The lowest BCUT2D eigenvalue weighted by Crippen LogP contribution is -2.49. The molecule has 166 valence electrons. The number of amides is 2. The van der Waals surface area contributed by atoms with Crippen molar-refractivity contribution in [3.8, 4) is 0 Å². The Morgan fingerprint density at radius 2 is 1.90 bits per heavy atom. The van der Waals surface area contributed by atoms with Crippen LogP contribution in [-0.4, -0.2) is 54.3 Å². The number of benzene rings is 1. The number of rotatable bonds is 7. The molecule has 0 saturated carbocycles. The van der Waals surface area contributed by atoms with Crippen molar-refractivity contribution in [2.75, 3.05) is 32.7 Å². The van der Waals surface area contributed by atoms with Crippen molar-refractivity contribution in [2.45, 2.75) is 45.1 Å². The van der Waals surface area contributed by atoms with Crippen LogP contribution in [-0.2, 0) is 4.79 Å². The van der Waals surface area contributed by atoms with Crippen LogP contribution in [0.5, 0.6) is 0 Å². The van der Waals surface area contributed by atoms with E-state index in [9.17, 15) is 9.59 Å². The zero-order valence-electron chi connectivity index (χ0n) is 18.5. The van der Waals surface area contributed by atoms with Crippen LogP contribution in [0.15, 0.2) is 41.8 Å². The van der Waals surface area contributed by atoms with Gasteiger partial charge in [0, 0.05) is 30.1 Å². The highest BCUT2D eigenvalue weighted by atomic mass is 32.1. The fourth-order valence-electron chi connectivity index (χ4n) is 4.88. The summed E-state index contributed by atoms with van der Waals surface area (Å²) in [6.07, 6.45) is 3.80. The summed E-state index contributed by atoms with van der Waals surface area (Å²) in [4.78, 5) is 32.4. The number of hydrogen-bond acceptors (Lipinski definition) is 4. The monoisotopic (exact) mass is 439 g/mol. The van der Waals surface area contributed by atoms with Crippen molar-refractivity contribution in [1.82, 2.24) is 15.1 Å². The number of thiophene rings is 1. The first-order chi connectivity index (χ1) is 15.1. The maximum Gasteiger partial charge on any atom is 0.254 e. The second-order valence-electron chi connectivity index (χ2n) is 9.07. The Bertz CT molecular complexity index is 890. The molecule has 6 heteroatoms. The molecule has 2 aromatic rings. The average molecular weight is 440 g/mol. The van der Waals surface area contributed by atoms with Crippen molar-refractivity contribution in [3.05, 3.63) is 57.8 Å². The molecule has 5 nitrogen and oxygen atoms in total. The molecule has 3 heterocycles. The Morgan fingerprint density at radius 1 is 1.13 bits per heavy atom. The van der Waals surface area contributed by atoms with Gasteiger partial charge in [-0.25, -0.2) is 0 Å². The van der Waals surface area contributed by atoms with Gasteiger partial charge in [-0.3, -0.25) is 9.59 Å². The summed E-state index contributed by atoms with van der Waals surface area (Å²) < 4.78 is 0. The van der Waals surface area contributed by atoms with E-state index in [1.54, 1.807) is 11.3 Å². The Labute approximate surface area is 189 Å². The van der Waals surface area contributed by atoms with E-state index in [1.165, 1.54) is 19.3 Å². The topological polar surface area (TPSA) is 52.7 Å². The molecular weight excluding hydrogens is 406 g/mol. The quantitative estimate of drug-likeness (QED) is 0.700. The zero-order valence-corrected chi connectivity index (χ0v) is 19.4. The number of hydrogen-bond donors (Lipinski definition) is 1. The Kier molecular flexibility index (Phi) is 7.08. The third kappa shape index (κ3) is 4.85. The molecule has 1 N–H and O–H groups in total. The summed E-state index contributed by atoms with van der Waals surface area (Å²) >= 11 is 1.62. The van der Waals surface area contributed by atoms with Gasteiger partial charge in [0.15, 0.2) is 0 Å². The molecule has 2 aliphatic heterocycles. The molecule has 4 rings (SSSR count). The van der Waals surface area contributed by atoms with Gasteiger partial charge in [-0.2, -0.15) is 0 Å². The van der Waals surface area contributed by atoms with Gasteiger partial charge in [-0.05, 0) is 54.9 Å². The maximum atomic E-state index is 13.6. The molecular formula is C25H33N3O2S. The van der Waals surface area contributed by atoms with Gasteiger partial charge in [0.05, 0.1) is 12.0 Å². The third-order valence-electron chi connectivity index (χ3n) is 6.29. The van der Waals surface area contributed by atoms with E-state index in [-0.39, 0.29) is 17.9 Å². The van der Waals surface area contributed by atoms with E-state index < -0.39 is 5.92 Å². The van der Waals surface area contributed by atoms with E-state index >= 15 is 0 Å². The van der Waals surface area contributed by atoms with Crippen LogP contribution in [0, 0.1) is 5.92 Å². The van der Waals surface area contributed by atoms with E-state index in [1.807, 2.05) is 40.6 Å². The standard InChI is InChI=1S/C25H33N3O2S/c1-18(2)17-28-23(21-11-8-16-31-21)22(19-9-4-5-10-20(19)25(28)30)24(29)26-12-15-27-13-6-3-7-14-27/h4-5,8-11,16,18,22-23H,3,6-7,12-15,17H2,1-2H3,(H,26,29)/t22-,23+/m0/s1. The van der Waals surface area contributed by atoms with E-state index in [2.05, 4.69) is 30.1 Å². The first-order valence-corrected chi connectivity index (χ1v) is 12.4. The van der Waals surface area contributed by atoms with Crippen molar-refractivity contribution in [1.29, 1.82) is 0 Å². The SMILES string of the molecule is CC(C)CN1C(=O)c2ccccc2[C@H](C(=O)NCCN2CCCCC2)[C@H]1c1cccs1. The normalized spacial score (nSPS) is 21.9. The van der Waals surface area contributed by atoms with Crippen LogP contribution in [0.2, 0.25) is 0 Å². The van der Waals surface area contributed by atoms with Gasteiger partial charge >= 0.3 is 0 Å². The highest BCUT2D eigenvalue weighted by molar-refractivity contribution is 7.10. The lowest BCUT2D eigenvalue weighted by atomic mass is 9.81. The second-order valence-corrected chi connectivity index (χ2v) is 10.0. The highest BCUT2D eigenvalue weighted by Crippen LogP contribution is 2.44. The fourth-order valence-corrected chi connectivity index (χ4v) is 5.75. The minimum Gasteiger partial charge on any atom is -0.354 e. The van der Waals surface area contributed by atoms with E-state index in [0.717, 1.165) is 30.1 Å². The first kappa shape index (κ1) is 22.0. The summed E-state index contributed by atoms with van der Waals surface area (Å²) in [7, 11) is 0. The smallest absolute Gasteiger partial charge is 0.254 e. The number of carbonyl (C=O) groups excluding carboxylic acids is 2. The number of nitrogens with zero attached hydrogens (tertiary/aromatic N) is 2. The summed E-state index contributed by atoms with van der Waals surface area (Å²) in [5, 5.41) is 5.23. The van der Waals surface area contributed by atoms with Gasteiger partial charge < -0.3 is 15.1 Å². The molecule has 2 aliphatic rings. The zero-order chi connectivity index (χ0) is 21.8. The maximum absolute atomic E-state index is 13.6. The van der Waals surface area contributed by atoms with Gasteiger partial charge in [0.1, 0.15) is 0 Å². The third-order valence-corrected chi connectivity index (χ3v) is 7.24. The lowest BCUT2D eigenvalue weighted by Gasteiger charge is -2.42. The number of piperidine rings is 1. The number of fused-ring (bicyclic) bond motifs is 1. The average Bonchev–Trinajstić information content (AvgIpc) is 3.30. The molecule has 31 heavy (non-hydrogen) atoms. The van der Waals surface area contributed by atoms with E-state index in [0.29, 0.717) is 24.6 Å². The molecule has 1 fully saturated rings. The van der Waals surface area contributed by atoms with E-state index in [4.69, 9.17) is 0 Å². The van der Waals surface area contributed by atoms with Crippen LogP contribution in [0.25, 0.3) is 0 Å². The minimum absolute atomic E-state index is 0.0177. The Hall–Kier alpha value is -2.18. The van der Waals surface area contributed by atoms with Crippen LogP contribution in [0.4, 0.5) is 0 Å². The lowest BCUT2D eigenvalue weighted by molar-refractivity contribution is -0.124. The number of carbonyl (C=O) groups is 2. The Balaban J connectivity index is 1.62. The predicted molar refractivity (Wildman–Crippen MR) is 125 cm³/mol. The molecule has 0 spiro atoms. The van der Waals surface area contributed by atoms with Gasteiger partial charge in [0.2, 0.25) is 5.91 Å². The summed E-state index contributed by atoms with van der Waals surface area (Å²) in [6.45, 7) is 8.64. The predicted octanol–water partition coefficient (Wildman–Crippen LogP) is 4.29. The molecule has 0 unspecified atom stereocenters. The van der Waals surface area contributed by atoms with Crippen LogP contribution >= 0.6 is 11.3 Å². The van der Waals surface area contributed by atoms with Gasteiger partial charge in [0.25, 0.3) is 5.91 Å². The molecule has 0 radical (unpaired) electrons. The molecule has 1 aromatic carbocycles. The fraction of sp³-hybridized carbons (Fsp3) is 0.520. The Morgan fingerprint density at radius 3 is 2.61 bits per heavy atom. The molecule has 1 aromatic heterocycles.